The summed E-state index contributed by atoms with van der Waals surface area (Å²) in [6, 6.07) is 1.17. The van der Waals surface area contributed by atoms with Crippen LogP contribution in [0.25, 0.3) is 11.1 Å². The molecule has 0 atom stereocenters. The van der Waals surface area contributed by atoms with Gasteiger partial charge in [-0.3, -0.25) is 0 Å². The van der Waals surface area contributed by atoms with E-state index in [0.717, 1.165) is 12.8 Å². The van der Waals surface area contributed by atoms with Gasteiger partial charge in [0.2, 0.25) is 5.88 Å². The minimum absolute atomic E-state index is 0.00114. The third kappa shape index (κ3) is 4.06. The van der Waals surface area contributed by atoms with Gasteiger partial charge < -0.3 is 14.8 Å². The largest absolute Gasteiger partial charge is 0.504 e. The summed E-state index contributed by atoms with van der Waals surface area (Å²) in [7, 11) is 0. The second kappa shape index (κ2) is 6.54. The Morgan fingerprint density at radius 2 is 1.63 bits per heavy atom. The summed E-state index contributed by atoms with van der Waals surface area (Å²) in [6.45, 7) is 3.49. The molecule has 0 bridgehead atoms. The quantitative estimate of drug-likeness (QED) is 0.486. The molecule has 3 nitrogen and oxygen atoms in total. The topological polar surface area (TPSA) is 45.4 Å². The number of rotatable bonds is 5. The lowest BCUT2D eigenvalue weighted by Crippen LogP contribution is -2.11. The van der Waals surface area contributed by atoms with Crippen LogP contribution < -0.4 is 5.32 Å². The highest BCUT2D eigenvalue weighted by atomic mass is 19.4. The monoisotopic (exact) mass is 391 g/mol. The maximum absolute atomic E-state index is 13.1. The minimum atomic E-state index is -4.98. The second-order valence-corrected chi connectivity index (χ2v) is 6.28. The Morgan fingerprint density at radius 3 is 2.07 bits per heavy atom. The average Bonchev–Trinajstić information content (AvgIpc) is 3.31. The molecule has 1 aliphatic carbocycles. The lowest BCUT2D eigenvalue weighted by atomic mass is 9.99. The van der Waals surface area contributed by atoms with Crippen molar-refractivity contribution in [3.63, 3.8) is 0 Å². The summed E-state index contributed by atoms with van der Waals surface area (Å²) in [5.74, 6) is -0.557. The van der Waals surface area contributed by atoms with Crippen LogP contribution >= 0.6 is 0 Å². The van der Waals surface area contributed by atoms with Gasteiger partial charge in [0.05, 0.1) is 16.7 Å². The highest BCUT2D eigenvalue weighted by Gasteiger charge is 2.38. The Kier molecular flexibility index (Phi) is 4.65. The van der Waals surface area contributed by atoms with E-state index >= 15 is 0 Å². The van der Waals surface area contributed by atoms with E-state index in [4.69, 9.17) is 4.42 Å². The van der Waals surface area contributed by atoms with Gasteiger partial charge in [0.15, 0.2) is 11.5 Å². The van der Waals surface area contributed by atoms with E-state index in [1.165, 1.54) is 6.08 Å². The highest BCUT2D eigenvalue weighted by Crippen LogP contribution is 2.46. The van der Waals surface area contributed by atoms with Crippen molar-refractivity contribution >= 4 is 5.88 Å². The summed E-state index contributed by atoms with van der Waals surface area (Å²) in [4.78, 5) is 0. The first kappa shape index (κ1) is 19.2. The van der Waals surface area contributed by atoms with Crippen LogP contribution in [0.2, 0.25) is 0 Å². The Labute approximate surface area is 150 Å². The number of alkyl halides is 6. The van der Waals surface area contributed by atoms with Crippen LogP contribution in [-0.4, -0.2) is 11.1 Å². The fourth-order valence-electron chi connectivity index (χ4n) is 2.62. The molecule has 0 spiro atoms. The first-order valence-corrected chi connectivity index (χ1v) is 8.02. The zero-order valence-corrected chi connectivity index (χ0v) is 13.8. The van der Waals surface area contributed by atoms with Crippen LogP contribution in [0.1, 0.15) is 29.7 Å². The Balaban J connectivity index is 2.21. The fourth-order valence-corrected chi connectivity index (χ4v) is 2.62. The van der Waals surface area contributed by atoms with Gasteiger partial charge >= 0.3 is 12.4 Å². The third-order valence-corrected chi connectivity index (χ3v) is 4.07. The molecule has 1 saturated carbocycles. The van der Waals surface area contributed by atoms with E-state index in [-0.39, 0.29) is 35.7 Å². The van der Waals surface area contributed by atoms with Crippen molar-refractivity contribution < 1.29 is 35.9 Å². The molecule has 0 unspecified atom stereocenters. The molecular weight excluding hydrogens is 376 g/mol. The van der Waals surface area contributed by atoms with E-state index in [9.17, 15) is 31.4 Å². The molecule has 0 radical (unpaired) electrons. The zero-order chi connectivity index (χ0) is 20.0. The van der Waals surface area contributed by atoms with Crippen molar-refractivity contribution in [3.05, 3.63) is 47.7 Å². The average molecular weight is 391 g/mol. The van der Waals surface area contributed by atoms with Gasteiger partial charge in [-0.15, -0.1) is 6.58 Å². The molecule has 3 rings (SSSR count). The van der Waals surface area contributed by atoms with Crippen LogP contribution in [-0.2, 0) is 18.8 Å². The number of nitrogens with one attached hydrogen (secondary N) is 1. The number of furan rings is 1. The Hall–Kier alpha value is -2.58. The lowest BCUT2D eigenvalue weighted by molar-refractivity contribution is -0.143. The van der Waals surface area contributed by atoms with E-state index in [1.54, 1.807) is 0 Å². The van der Waals surface area contributed by atoms with Gasteiger partial charge in [0.1, 0.15) is 0 Å². The van der Waals surface area contributed by atoms with Gasteiger partial charge in [0.25, 0.3) is 0 Å². The molecule has 9 heteroatoms. The number of hydrogen-bond acceptors (Lipinski definition) is 3. The first-order chi connectivity index (χ1) is 12.5. The number of allylic oxidation sites excluding steroid dienone is 1. The van der Waals surface area contributed by atoms with Gasteiger partial charge in [-0.05, 0) is 36.6 Å². The second-order valence-electron chi connectivity index (χ2n) is 6.28. The summed E-state index contributed by atoms with van der Waals surface area (Å²) < 4.78 is 84.1. The lowest BCUT2D eigenvalue weighted by Gasteiger charge is -2.14. The molecule has 146 valence electrons. The molecule has 1 fully saturated rings. The molecule has 0 saturated heterocycles. The third-order valence-electron chi connectivity index (χ3n) is 4.07. The van der Waals surface area contributed by atoms with Gasteiger partial charge in [-0.2, -0.15) is 26.3 Å². The van der Waals surface area contributed by atoms with Crippen LogP contribution in [0, 0.1) is 0 Å². The predicted octanol–water partition coefficient (Wildman–Crippen LogP) is 5.99. The maximum atomic E-state index is 13.1. The van der Waals surface area contributed by atoms with E-state index < -0.39 is 34.8 Å². The molecule has 2 N–H and O–H groups in total. The fraction of sp³-hybridized carbons (Fsp3) is 0.333. The van der Waals surface area contributed by atoms with Crippen molar-refractivity contribution in [2.45, 2.75) is 37.7 Å². The van der Waals surface area contributed by atoms with Crippen LogP contribution in [0.15, 0.2) is 35.3 Å². The number of hydrogen-bond donors (Lipinski definition) is 2. The van der Waals surface area contributed by atoms with Crippen molar-refractivity contribution in [3.8, 4) is 16.9 Å². The molecule has 1 aromatic heterocycles. The molecule has 27 heavy (non-hydrogen) atoms. The summed E-state index contributed by atoms with van der Waals surface area (Å²) in [5.41, 5.74) is -3.58. The van der Waals surface area contributed by atoms with Gasteiger partial charge in [-0.1, -0.05) is 6.08 Å². The number of aromatic hydroxyl groups is 1. The molecule has 0 amide bonds. The van der Waals surface area contributed by atoms with Gasteiger partial charge in [0, 0.05) is 12.5 Å². The number of benzene rings is 1. The summed E-state index contributed by atoms with van der Waals surface area (Å²) in [5, 5.41) is 13.3. The first-order valence-electron chi connectivity index (χ1n) is 8.02. The maximum Gasteiger partial charge on any atom is 0.416 e. The van der Waals surface area contributed by atoms with Crippen LogP contribution in [0.5, 0.6) is 5.75 Å². The summed E-state index contributed by atoms with van der Waals surface area (Å²) >= 11 is 0. The van der Waals surface area contributed by atoms with E-state index in [1.807, 2.05) is 0 Å². The van der Waals surface area contributed by atoms with E-state index in [2.05, 4.69) is 11.9 Å². The normalized spacial score (nSPS) is 15.0. The van der Waals surface area contributed by atoms with Gasteiger partial charge in [-0.25, -0.2) is 0 Å². The van der Waals surface area contributed by atoms with Crippen molar-refractivity contribution in [2.24, 2.45) is 0 Å². The van der Waals surface area contributed by atoms with Crippen molar-refractivity contribution in [1.82, 2.24) is 0 Å². The van der Waals surface area contributed by atoms with E-state index in [0.29, 0.717) is 12.1 Å². The van der Waals surface area contributed by atoms with Crippen LogP contribution in [0.3, 0.4) is 0 Å². The SMILES string of the molecule is C=CCc1oc(NC2CC2)c(-c2cc(C(F)(F)F)cc(C(F)(F)F)c2)c1O. The smallest absolute Gasteiger partial charge is 0.416 e. The summed E-state index contributed by atoms with van der Waals surface area (Å²) in [6.07, 6.45) is -6.93. The number of anilines is 1. The molecular formula is C18H15F6NO2. The Morgan fingerprint density at radius 1 is 1.07 bits per heavy atom. The van der Waals surface area contributed by atoms with Crippen LogP contribution in [0.4, 0.5) is 32.2 Å². The molecule has 1 heterocycles. The Bertz CT molecular complexity index is 830. The molecule has 2 aromatic rings. The molecule has 1 aromatic carbocycles. The zero-order valence-electron chi connectivity index (χ0n) is 13.8. The predicted molar refractivity (Wildman–Crippen MR) is 86.4 cm³/mol. The van der Waals surface area contributed by atoms with Crippen molar-refractivity contribution in [2.75, 3.05) is 5.32 Å². The number of halogens is 6. The standard InChI is InChI=1S/C18H15F6NO2/c1-2-3-13-15(26)14(16(27-13)25-12-4-5-12)9-6-10(17(19,20)21)8-11(7-9)18(22,23)24/h2,6-8,12,25-26H,1,3-5H2. The highest BCUT2D eigenvalue weighted by molar-refractivity contribution is 5.82. The molecule has 0 aliphatic heterocycles. The molecule has 1 aliphatic rings. The van der Waals surface area contributed by atoms with Crippen molar-refractivity contribution in [1.29, 1.82) is 0 Å². The minimum Gasteiger partial charge on any atom is -0.504 e.